The number of amidine groups is 1. The Morgan fingerprint density at radius 1 is 1.38 bits per heavy atom. The first-order valence-electron chi connectivity index (χ1n) is 6.59. The molecule has 21 heavy (non-hydrogen) atoms. The molecule has 1 aliphatic rings. The fourth-order valence-electron chi connectivity index (χ4n) is 1.89. The Morgan fingerprint density at radius 3 is 2.52 bits per heavy atom. The Bertz CT molecular complexity index is 494. The lowest BCUT2D eigenvalue weighted by Gasteiger charge is -2.28. The molecule has 0 spiro atoms. The van der Waals surface area contributed by atoms with Gasteiger partial charge in [0, 0.05) is 24.6 Å². The van der Waals surface area contributed by atoms with E-state index in [1.807, 2.05) is 13.8 Å². The van der Waals surface area contributed by atoms with Crippen LogP contribution in [0, 0.1) is 0 Å². The summed E-state index contributed by atoms with van der Waals surface area (Å²) in [5.41, 5.74) is 0.572. The lowest BCUT2D eigenvalue weighted by atomic mass is 10.1. The molecule has 2 N–H and O–H groups in total. The van der Waals surface area contributed by atoms with Crippen LogP contribution >= 0.6 is 0 Å². The molecule has 1 unspecified atom stereocenters. The molecule has 0 aromatic rings. The minimum absolute atomic E-state index is 0. The topological polar surface area (TPSA) is 93.6 Å². The van der Waals surface area contributed by atoms with Crippen LogP contribution in [0.15, 0.2) is 34.3 Å². The fourth-order valence-corrected chi connectivity index (χ4v) is 2.33. The van der Waals surface area contributed by atoms with E-state index < -0.39 is 10.8 Å². The molecule has 0 fully saturated rings. The van der Waals surface area contributed by atoms with Gasteiger partial charge >= 0.3 is 0 Å². The van der Waals surface area contributed by atoms with E-state index in [0.717, 1.165) is 12.8 Å². The van der Waals surface area contributed by atoms with E-state index in [1.165, 1.54) is 18.5 Å². The summed E-state index contributed by atoms with van der Waals surface area (Å²) in [6.07, 6.45) is 7.78. The molecular weight excluding hydrogens is 290 g/mol. The minimum atomic E-state index is -1.29. The van der Waals surface area contributed by atoms with Crippen LogP contribution in [0.1, 0.15) is 26.7 Å². The van der Waals surface area contributed by atoms with Gasteiger partial charge in [0.15, 0.2) is 0 Å². The molecule has 7 heteroatoms. The Morgan fingerprint density at radius 2 is 2.00 bits per heavy atom. The van der Waals surface area contributed by atoms with Gasteiger partial charge in [-0.05, 0) is 24.5 Å². The summed E-state index contributed by atoms with van der Waals surface area (Å²) in [5, 5.41) is 0.227. The zero-order valence-electron chi connectivity index (χ0n) is 12.7. The molecule has 6 nitrogen and oxygen atoms in total. The maximum absolute atomic E-state index is 12.2. The molecule has 0 bridgehead atoms. The van der Waals surface area contributed by atoms with Crippen molar-refractivity contribution in [1.82, 2.24) is 4.90 Å². The van der Waals surface area contributed by atoms with Gasteiger partial charge in [0.2, 0.25) is 11.1 Å². The molecule has 0 radical (unpaired) electrons. The number of carbonyl (C=O) groups excluding carboxylic acids is 1. The van der Waals surface area contributed by atoms with Crippen LogP contribution in [0.2, 0.25) is 0 Å². The first-order valence-corrected chi connectivity index (χ1v) is 8.14. The SMILES string of the molecule is C=C1/C=C\C(=O)N(C(CC)CC)C/N=C(S(C)=O)\N=C/1.O. The van der Waals surface area contributed by atoms with Gasteiger partial charge in [0.05, 0.1) is 10.8 Å². The van der Waals surface area contributed by atoms with Gasteiger partial charge in [-0.2, -0.15) is 0 Å². The number of nitrogens with zero attached hydrogens (tertiary/aromatic N) is 3. The van der Waals surface area contributed by atoms with Gasteiger partial charge in [-0.1, -0.05) is 20.4 Å². The highest BCUT2D eigenvalue weighted by molar-refractivity contribution is 7.99. The second kappa shape index (κ2) is 9.36. The van der Waals surface area contributed by atoms with Gasteiger partial charge < -0.3 is 10.4 Å². The molecule has 1 heterocycles. The molecule has 0 saturated carbocycles. The first-order chi connectivity index (χ1) is 9.49. The Labute approximate surface area is 128 Å². The number of hydrogen-bond donors (Lipinski definition) is 0. The summed E-state index contributed by atoms with van der Waals surface area (Å²) in [6.45, 7) is 8.00. The average molecular weight is 313 g/mol. The molecule has 118 valence electrons. The second-order valence-electron chi connectivity index (χ2n) is 4.48. The predicted molar refractivity (Wildman–Crippen MR) is 88.0 cm³/mol. The van der Waals surface area contributed by atoms with Crippen LogP contribution in [0.3, 0.4) is 0 Å². The van der Waals surface area contributed by atoms with Crippen molar-refractivity contribution in [3.63, 3.8) is 0 Å². The van der Waals surface area contributed by atoms with Gasteiger partial charge in [-0.25, -0.2) is 9.98 Å². The third-order valence-corrected chi connectivity index (χ3v) is 3.81. The van der Waals surface area contributed by atoms with E-state index in [4.69, 9.17) is 0 Å². The summed E-state index contributed by atoms with van der Waals surface area (Å²) in [6, 6.07) is 0.110. The number of allylic oxidation sites excluding steroid dienone is 2. The van der Waals surface area contributed by atoms with E-state index in [0.29, 0.717) is 5.57 Å². The molecule has 0 aromatic carbocycles. The summed E-state index contributed by atoms with van der Waals surface area (Å²) in [7, 11) is -1.29. The minimum Gasteiger partial charge on any atom is -0.412 e. The van der Waals surface area contributed by atoms with Crippen LogP contribution in [0.4, 0.5) is 0 Å². The highest BCUT2D eigenvalue weighted by Crippen LogP contribution is 2.11. The largest absolute Gasteiger partial charge is 0.412 e. The van der Waals surface area contributed by atoms with Gasteiger partial charge in [-0.15, -0.1) is 0 Å². The lowest BCUT2D eigenvalue weighted by Crippen LogP contribution is -2.39. The number of hydrogen-bond acceptors (Lipinski definition) is 4. The standard InChI is InChI=1S/C14H21N3O2S.H2O/c1-5-12(6-2)17-10-16-14(20(4)19)15-9-11(3)7-8-13(17)18;/h7-9,12H,3,5-6,10H2,1-2,4H3;1H2/b8-7-,15-9-,16-14+;. The molecular formula is C14H23N3O3S. The van der Waals surface area contributed by atoms with Gasteiger partial charge in [-0.3, -0.25) is 9.00 Å². The number of amides is 1. The van der Waals surface area contributed by atoms with Crippen molar-refractivity contribution in [2.75, 3.05) is 12.9 Å². The zero-order valence-corrected chi connectivity index (χ0v) is 13.5. The van der Waals surface area contributed by atoms with E-state index >= 15 is 0 Å². The quantitative estimate of drug-likeness (QED) is 0.779. The zero-order chi connectivity index (χ0) is 15.1. The van der Waals surface area contributed by atoms with Crippen LogP contribution < -0.4 is 0 Å². The van der Waals surface area contributed by atoms with Crippen molar-refractivity contribution in [2.24, 2.45) is 9.98 Å². The first kappa shape index (κ1) is 19.4. The van der Waals surface area contributed by atoms with Gasteiger partial charge in [0.25, 0.3) is 0 Å². The van der Waals surface area contributed by atoms with Gasteiger partial charge in [0.1, 0.15) is 6.67 Å². The molecule has 0 aromatic heterocycles. The van der Waals surface area contributed by atoms with Crippen LogP contribution in [0.5, 0.6) is 0 Å². The summed E-state index contributed by atoms with van der Waals surface area (Å²) < 4.78 is 11.6. The van der Waals surface area contributed by atoms with Crippen molar-refractivity contribution in [2.45, 2.75) is 32.7 Å². The Kier molecular flexibility index (Phi) is 8.64. The maximum atomic E-state index is 12.2. The molecule has 1 amide bonds. The van der Waals surface area contributed by atoms with E-state index in [-0.39, 0.29) is 29.3 Å². The van der Waals surface area contributed by atoms with E-state index in [9.17, 15) is 9.00 Å². The van der Waals surface area contributed by atoms with Crippen LogP contribution in [0.25, 0.3) is 0 Å². The normalized spacial score (nSPS) is 23.0. The fraction of sp³-hybridized carbons (Fsp3) is 0.500. The van der Waals surface area contributed by atoms with Crippen molar-refractivity contribution < 1.29 is 14.5 Å². The third-order valence-electron chi connectivity index (χ3n) is 3.06. The molecule has 0 saturated heterocycles. The predicted octanol–water partition coefficient (Wildman–Crippen LogP) is 1.07. The van der Waals surface area contributed by atoms with Crippen LogP contribution in [-0.4, -0.2) is 50.8 Å². The lowest BCUT2D eigenvalue weighted by molar-refractivity contribution is -0.128. The van der Waals surface area contributed by atoms with E-state index in [1.54, 1.807) is 11.0 Å². The van der Waals surface area contributed by atoms with Crippen molar-refractivity contribution in [3.05, 3.63) is 24.3 Å². The summed E-state index contributed by atoms with van der Waals surface area (Å²) in [5.74, 6) is -0.111. The number of carbonyl (C=O) groups is 1. The van der Waals surface area contributed by atoms with Crippen molar-refractivity contribution in [1.29, 1.82) is 0 Å². The molecule has 0 aliphatic carbocycles. The molecule has 1 aliphatic heterocycles. The molecule has 1 rings (SSSR count). The number of aliphatic imine (C=N–C) groups is 2. The Balaban J connectivity index is 0.00000400. The van der Waals surface area contributed by atoms with E-state index in [2.05, 4.69) is 16.6 Å². The smallest absolute Gasteiger partial charge is 0.248 e. The summed E-state index contributed by atoms with van der Waals surface area (Å²) >= 11 is 0. The maximum Gasteiger partial charge on any atom is 0.248 e. The second-order valence-corrected chi connectivity index (χ2v) is 5.75. The monoisotopic (exact) mass is 313 g/mol. The highest BCUT2D eigenvalue weighted by atomic mass is 32.2. The number of rotatable bonds is 3. The summed E-state index contributed by atoms with van der Waals surface area (Å²) in [4.78, 5) is 22.2. The third kappa shape index (κ3) is 5.73. The van der Waals surface area contributed by atoms with Crippen molar-refractivity contribution in [3.8, 4) is 0 Å². The van der Waals surface area contributed by atoms with Crippen LogP contribution in [-0.2, 0) is 15.6 Å². The average Bonchev–Trinajstić information content (AvgIpc) is 2.42. The van der Waals surface area contributed by atoms with Crippen molar-refractivity contribution >= 4 is 28.1 Å². The highest BCUT2D eigenvalue weighted by Gasteiger charge is 2.19. The molecule has 1 atom stereocenters. The Hall–Kier alpha value is -1.60.